The average Bonchev–Trinajstić information content (AvgIpc) is 2.34. The quantitative estimate of drug-likeness (QED) is 0.238. The number of hydrogen-bond donors (Lipinski definition) is 2. The zero-order valence-electron chi connectivity index (χ0n) is 13.5. The van der Waals surface area contributed by atoms with Crippen LogP contribution in [0.15, 0.2) is 0 Å². The van der Waals surface area contributed by atoms with Crippen molar-refractivity contribution >= 4 is 59.7 Å². The van der Waals surface area contributed by atoms with E-state index in [1.165, 1.54) is 0 Å². The molecule has 0 atom stereocenters. The second-order valence-corrected chi connectivity index (χ2v) is 4.83. The van der Waals surface area contributed by atoms with Gasteiger partial charge in [0.1, 0.15) is 11.2 Å². The Balaban J connectivity index is -0.000000192. The molecule has 0 amide bonds. The van der Waals surface area contributed by atoms with Crippen LogP contribution in [0.5, 0.6) is 0 Å². The van der Waals surface area contributed by atoms with E-state index in [1.807, 2.05) is 0 Å². The molecule has 0 fully saturated rings. The van der Waals surface area contributed by atoms with Crippen LogP contribution in [0.2, 0.25) is 0 Å². The van der Waals surface area contributed by atoms with Gasteiger partial charge in [-0.05, 0) is 0 Å². The van der Waals surface area contributed by atoms with Crippen LogP contribution < -0.4 is 30.6 Å². The number of carbonyl (C=O) groups excluding carboxylic acids is 6. The minimum absolute atomic E-state index is 0. The summed E-state index contributed by atoms with van der Waals surface area (Å²) >= 11 is 0. The summed E-state index contributed by atoms with van der Waals surface area (Å²) in [5.74, 6) is -12.0. The molecule has 0 radical (unpaired) electrons. The Morgan fingerprint density at radius 3 is 0.750 bits per heavy atom. The van der Waals surface area contributed by atoms with Crippen molar-refractivity contribution in [3.05, 3.63) is 0 Å². The molecular weight excluding hydrogens is 543 g/mol. The molecule has 0 bridgehead atoms. The van der Waals surface area contributed by atoms with Gasteiger partial charge in [-0.2, -0.15) is 0 Å². The average molecular weight is 553 g/mol. The normalized spacial score (nSPS) is 10.1. The van der Waals surface area contributed by atoms with Crippen LogP contribution in [0.4, 0.5) is 0 Å². The van der Waals surface area contributed by atoms with E-state index in [-0.39, 0.29) is 41.0 Å². The summed E-state index contributed by atoms with van der Waals surface area (Å²) in [6.45, 7) is 0. The second-order valence-electron chi connectivity index (χ2n) is 4.83. The summed E-state index contributed by atoms with van der Waals surface area (Å²) in [5, 5.41) is 77.9. The monoisotopic (exact) mass is 554 g/mol. The Hall–Kier alpha value is -1.94. The molecule has 0 rings (SSSR count). The van der Waals surface area contributed by atoms with Crippen molar-refractivity contribution in [2.24, 2.45) is 0 Å². The minimum Gasteiger partial charge on any atom is -0.550 e. The molecule has 0 heterocycles. The van der Waals surface area contributed by atoms with E-state index < -0.39 is 72.7 Å². The fraction of sp³-hybridized carbons (Fsp3) is 0.500. The van der Waals surface area contributed by atoms with Gasteiger partial charge in [0.2, 0.25) is 0 Å². The number of aliphatic hydroxyl groups is 2. The maximum atomic E-state index is 10.1. The van der Waals surface area contributed by atoms with E-state index in [9.17, 15) is 59.4 Å². The first kappa shape index (κ1) is 33.6. The Kier molecular flexibility index (Phi) is 16.9. The largest absolute Gasteiger partial charge is 4.00 e. The maximum Gasteiger partial charge on any atom is 4.00 e. The first-order chi connectivity index (χ1) is 11.6. The first-order valence-corrected chi connectivity index (χ1v) is 6.23. The summed E-state index contributed by atoms with van der Waals surface area (Å²) in [6.07, 6.45) is -5.43. The van der Waals surface area contributed by atoms with Crippen LogP contribution in [-0.4, -0.2) is 81.1 Å². The Morgan fingerprint density at radius 1 is 0.536 bits per heavy atom. The number of carboxylic acid groups (broad SMARTS) is 6. The van der Waals surface area contributed by atoms with Crippen LogP contribution >= 0.6 is 0 Å². The number of carbonyl (C=O) groups is 6. The molecule has 28 heavy (non-hydrogen) atoms. The number of hydrogen-bond acceptors (Lipinski definition) is 14. The van der Waals surface area contributed by atoms with E-state index >= 15 is 0 Å². The van der Waals surface area contributed by atoms with Crippen molar-refractivity contribution in [3.8, 4) is 0 Å². The number of rotatable bonds is 10. The molecule has 0 unspecified atom stereocenters. The van der Waals surface area contributed by atoms with Crippen LogP contribution in [0.25, 0.3) is 0 Å². The fourth-order valence-corrected chi connectivity index (χ4v) is 1.37. The molecule has 0 aromatic heterocycles. The topological polar surface area (TPSA) is 281 Å². The predicted octanol–water partition coefficient (Wildman–Crippen LogP) is -10.9. The minimum atomic E-state index is -2.97. The van der Waals surface area contributed by atoms with Gasteiger partial charge < -0.3 is 69.6 Å². The molecular formula is C12H10FeO14Sn. The summed E-state index contributed by atoms with van der Waals surface area (Å²) in [6, 6.07) is 0. The van der Waals surface area contributed by atoms with Gasteiger partial charge in [0.05, 0.1) is 11.9 Å². The zero-order valence-corrected chi connectivity index (χ0v) is 17.4. The van der Waals surface area contributed by atoms with Crippen molar-refractivity contribution in [2.45, 2.75) is 36.9 Å². The van der Waals surface area contributed by atoms with Crippen LogP contribution in [0, 0.1) is 0 Å². The third-order valence-electron chi connectivity index (χ3n) is 2.51. The van der Waals surface area contributed by atoms with Gasteiger partial charge in [0, 0.05) is 49.6 Å². The van der Waals surface area contributed by atoms with Crippen molar-refractivity contribution < 1.29 is 86.7 Å². The van der Waals surface area contributed by atoms with Crippen LogP contribution in [0.3, 0.4) is 0 Å². The van der Waals surface area contributed by atoms with E-state index in [2.05, 4.69) is 0 Å². The molecule has 154 valence electrons. The van der Waals surface area contributed by atoms with Crippen LogP contribution in [-0.2, 0) is 45.8 Å². The third kappa shape index (κ3) is 14.2. The predicted molar refractivity (Wildman–Crippen MR) is 64.2 cm³/mol. The molecule has 0 aliphatic rings. The van der Waals surface area contributed by atoms with Gasteiger partial charge in [0.25, 0.3) is 0 Å². The summed E-state index contributed by atoms with van der Waals surface area (Å²) in [7, 11) is 0. The van der Waals surface area contributed by atoms with Gasteiger partial charge in [-0.1, -0.05) is 0 Å². The number of aliphatic carboxylic acids is 6. The fourth-order valence-electron chi connectivity index (χ4n) is 1.37. The molecule has 16 heteroatoms. The van der Waals surface area contributed by atoms with Crippen molar-refractivity contribution in [1.82, 2.24) is 0 Å². The van der Waals surface area contributed by atoms with E-state index in [0.717, 1.165) is 0 Å². The van der Waals surface area contributed by atoms with Gasteiger partial charge >= 0.3 is 41.0 Å². The Labute approximate surface area is 183 Å². The molecule has 0 saturated carbocycles. The van der Waals surface area contributed by atoms with E-state index in [0.29, 0.717) is 0 Å². The third-order valence-corrected chi connectivity index (χ3v) is 2.51. The van der Waals surface area contributed by atoms with Crippen molar-refractivity contribution in [1.29, 1.82) is 0 Å². The summed E-state index contributed by atoms with van der Waals surface area (Å²) in [5.41, 5.74) is -5.95. The molecule has 0 aliphatic carbocycles. The van der Waals surface area contributed by atoms with Crippen molar-refractivity contribution in [2.75, 3.05) is 0 Å². The molecule has 0 aliphatic heterocycles. The molecule has 2 N–H and O–H groups in total. The smallest absolute Gasteiger partial charge is 0.550 e. The standard InChI is InChI=1S/2C6H8O7.Fe.Sn/c2*7-3(8)1-6(13,5(11)12)2-4(9)10;;/h2*13H,1-2H2,(H,7,8)(H,9,10)(H,11,12);;/q;;+2;+4/p-6. The Bertz CT molecular complexity index is 519. The van der Waals surface area contributed by atoms with E-state index in [4.69, 9.17) is 10.2 Å². The number of carboxylic acids is 6. The van der Waals surface area contributed by atoms with Gasteiger partial charge in [0.15, 0.2) is 0 Å². The maximum absolute atomic E-state index is 10.1. The second kappa shape index (κ2) is 14.1. The molecule has 0 saturated heterocycles. The SMILES string of the molecule is O=C([O-])CC(O)(CC(=O)[O-])C(=O)[O-].O=C([O-])CC(O)(CC(=O)[O-])C(=O)[O-].[Fe+2].[Sn+4]. The zero-order chi connectivity index (χ0) is 21.3. The van der Waals surface area contributed by atoms with Crippen molar-refractivity contribution in [3.63, 3.8) is 0 Å². The van der Waals surface area contributed by atoms with Crippen LogP contribution in [0.1, 0.15) is 25.7 Å². The van der Waals surface area contributed by atoms with Gasteiger partial charge in [-0.15, -0.1) is 0 Å². The molecule has 0 aromatic rings. The Morgan fingerprint density at radius 2 is 0.679 bits per heavy atom. The van der Waals surface area contributed by atoms with E-state index in [1.54, 1.807) is 0 Å². The molecule has 0 spiro atoms. The summed E-state index contributed by atoms with van der Waals surface area (Å²) < 4.78 is 0. The molecule has 0 aromatic carbocycles. The molecule has 14 nitrogen and oxygen atoms in total. The summed E-state index contributed by atoms with van der Waals surface area (Å²) in [4.78, 5) is 60.0. The van der Waals surface area contributed by atoms with Gasteiger partial charge in [-0.25, -0.2) is 0 Å². The van der Waals surface area contributed by atoms with Gasteiger partial charge in [-0.3, -0.25) is 0 Å². The first-order valence-electron chi connectivity index (χ1n) is 6.23.